The lowest BCUT2D eigenvalue weighted by atomic mass is 9.99. The molecule has 3 aliphatic rings. The first kappa shape index (κ1) is 18.2. The first-order chi connectivity index (χ1) is 14.4. The number of nitrogens with two attached hydrogens (primary N) is 1. The topological polar surface area (TPSA) is 86.3 Å². The van der Waals surface area contributed by atoms with Gasteiger partial charge in [0.25, 0.3) is 0 Å². The van der Waals surface area contributed by atoms with Gasteiger partial charge in [-0.2, -0.15) is 0 Å². The summed E-state index contributed by atoms with van der Waals surface area (Å²) in [5.41, 5.74) is 7.95. The molecule has 2 aliphatic heterocycles. The van der Waals surface area contributed by atoms with Crippen molar-refractivity contribution >= 4 is 34.2 Å². The predicted octanol–water partition coefficient (Wildman–Crippen LogP) is 2.53. The van der Waals surface area contributed by atoms with E-state index < -0.39 is 16.8 Å². The Morgan fingerprint density at radius 1 is 1.30 bits per heavy atom. The van der Waals surface area contributed by atoms with Crippen LogP contribution in [0.2, 0.25) is 5.02 Å². The van der Waals surface area contributed by atoms with Gasteiger partial charge in [-0.15, -0.1) is 0 Å². The Labute approximate surface area is 176 Å². The summed E-state index contributed by atoms with van der Waals surface area (Å²) in [6.45, 7) is 1.33. The molecule has 1 amide bonds. The van der Waals surface area contributed by atoms with Crippen molar-refractivity contribution < 1.29 is 13.9 Å². The molecule has 1 spiro atoms. The van der Waals surface area contributed by atoms with Crippen LogP contribution >= 0.6 is 11.6 Å². The summed E-state index contributed by atoms with van der Waals surface area (Å²) in [6, 6.07) is 4.82. The van der Waals surface area contributed by atoms with Gasteiger partial charge < -0.3 is 19.9 Å². The standard InChI is InChI=1S/C21H19ClFN5O2/c22-12-5-14(23)18-15(6-12)26-17(28(18)9-20(24)10-30-11-20)8-27-16-7-25-4-1-13(16)21(2-3-21)19(27)29/h1,4-7H,2-3,8-11,24H2. The summed E-state index contributed by atoms with van der Waals surface area (Å²) < 4.78 is 21.9. The number of halogens is 2. The molecule has 2 fully saturated rings. The number of ether oxygens (including phenoxy) is 1. The van der Waals surface area contributed by atoms with Gasteiger partial charge in [0, 0.05) is 17.8 Å². The van der Waals surface area contributed by atoms with Crippen LogP contribution in [0.5, 0.6) is 0 Å². The fraction of sp³-hybridized carbons (Fsp3) is 0.381. The molecule has 6 rings (SSSR count). The lowest BCUT2D eigenvalue weighted by Crippen LogP contribution is -2.60. The van der Waals surface area contributed by atoms with Crippen LogP contribution in [0.25, 0.3) is 11.0 Å². The minimum Gasteiger partial charge on any atom is -0.377 e. The van der Waals surface area contributed by atoms with Crippen molar-refractivity contribution in [2.75, 3.05) is 18.1 Å². The molecule has 3 aromatic rings. The third-order valence-electron chi connectivity index (χ3n) is 6.40. The largest absolute Gasteiger partial charge is 0.377 e. The van der Waals surface area contributed by atoms with Crippen LogP contribution in [-0.4, -0.2) is 39.2 Å². The third kappa shape index (κ3) is 2.47. The first-order valence-corrected chi connectivity index (χ1v) is 10.3. The van der Waals surface area contributed by atoms with E-state index in [1.54, 1.807) is 27.9 Å². The quantitative estimate of drug-likeness (QED) is 0.691. The number of amides is 1. The Morgan fingerprint density at radius 2 is 2.10 bits per heavy atom. The smallest absolute Gasteiger partial charge is 0.238 e. The Kier molecular flexibility index (Phi) is 3.65. The molecule has 154 valence electrons. The number of pyridine rings is 1. The van der Waals surface area contributed by atoms with Crippen LogP contribution in [0.3, 0.4) is 0 Å². The molecule has 2 N–H and O–H groups in total. The second-order valence-corrected chi connectivity index (χ2v) is 9.03. The van der Waals surface area contributed by atoms with E-state index in [2.05, 4.69) is 9.97 Å². The van der Waals surface area contributed by atoms with Crippen molar-refractivity contribution in [3.05, 3.63) is 52.8 Å². The van der Waals surface area contributed by atoms with Gasteiger partial charge >= 0.3 is 0 Å². The molecule has 1 saturated carbocycles. The molecule has 7 nitrogen and oxygen atoms in total. The first-order valence-electron chi connectivity index (χ1n) is 9.88. The van der Waals surface area contributed by atoms with Crippen LogP contribution in [0.1, 0.15) is 24.2 Å². The number of anilines is 1. The van der Waals surface area contributed by atoms with E-state index >= 15 is 0 Å². The van der Waals surface area contributed by atoms with E-state index in [1.807, 2.05) is 6.07 Å². The molecule has 2 aromatic heterocycles. The number of hydrogen-bond acceptors (Lipinski definition) is 5. The van der Waals surface area contributed by atoms with E-state index in [0.29, 0.717) is 36.6 Å². The zero-order valence-corrected chi connectivity index (χ0v) is 16.8. The van der Waals surface area contributed by atoms with Gasteiger partial charge in [0.15, 0.2) is 5.82 Å². The highest BCUT2D eigenvalue weighted by molar-refractivity contribution is 6.31. The maximum Gasteiger partial charge on any atom is 0.238 e. The highest BCUT2D eigenvalue weighted by atomic mass is 35.5. The second kappa shape index (κ2) is 6.00. The zero-order valence-electron chi connectivity index (χ0n) is 16.1. The molecule has 0 unspecified atom stereocenters. The van der Waals surface area contributed by atoms with E-state index in [9.17, 15) is 9.18 Å². The number of carbonyl (C=O) groups excluding carboxylic acids is 1. The van der Waals surface area contributed by atoms with Gasteiger partial charge in [-0.25, -0.2) is 9.37 Å². The lowest BCUT2D eigenvalue weighted by Gasteiger charge is -2.38. The van der Waals surface area contributed by atoms with Gasteiger partial charge in [0.2, 0.25) is 5.91 Å². The fourth-order valence-electron chi connectivity index (χ4n) is 4.69. The molecule has 1 aromatic carbocycles. The fourth-order valence-corrected chi connectivity index (χ4v) is 4.89. The molecular formula is C21H19ClFN5O2. The van der Waals surface area contributed by atoms with Crippen molar-refractivity contribution in [2.24, 2.45) is 5.73 Å². The van der Waals surface area contributed by atoms with E-state index in [-0.39, 0.29) is 17.5 Å². The average molecular weight is 428 g/mol. The van der Waals surface area contributed by atoms with Crippen LogP contribution in [-0.2, 0) is 28.0 Å². The Hall–Kier alpha value is -2.55. The van der Waals surface area contributed by atoms with Crippen molar-refractivity contribution in [3.8, 4) is 0 Å². The van der Waals surface area contributed by atoms with Gasteiger partial charge in [-0.05, 0) is 36.6 Å². The van der Waals surface area contributed by atoms with Crippen LogP contribution < -0.4 is 10.6 Å². The molecular weight excluding hydrogens is 409 g/mol. The normalized spacial score (nSPS) is 20.6. The maximum atomic E-state index is 14.9. The van der Waals surface area contributed by atoms with E-state index in [4.69, 9.17) is 22.1 Å². The predicted molar refractivity (Wildman–Crippen MR) is 109 cm³/mol. The minimum absolute atomic E-state index is 0.0528. The molecule has 4 heterocycles. The number of nitrogens with zero attached hydrogens (tertiary/aromatic N) is 4. The Morgan fingerprint density at radius 3 is 2.80 bits per heavy atom. The maximum absolute atomic E-state index is 14.9. The average Bonchev–Trinajstić information content (AvgIpc) is 3.38. The van der Waals surface area contributed by atoms with Crippen LogP contribution in [0.15, 0.2) is 30.6 Å². The van der Waals surface area contributed by atoms with Crippen molar-refractivity contribution in [1.82, 2.24) is 14.5 Å². The molecule has 30 heavy (non-hydrogen) atoms. The lowest BCUT2D eigenvalue weighted by molar-refractivity contribution is -0.120. The summed E-state index contributed by atoms with van der Waals surface area (Å²) in [7, 11) is 0. The third-order valence-corrected chi connectivity index (χ3v) is 6.62. The molecule has 0 atom stereocenters. The number of benzene rings is 1. The molecule has 0 radical (unpaired) electrons. The van der Waals surface area contributed by atoms with Gasteiger partial charge in [-0.3, -0.25) is 9.78 Å². The van der Waals surface area contributed by atoms with Crippen molar-refractivity contribution in [3.63, 3.8) is 0 Å². The van der Waals surface area contributed by atoms with Crippen LogP contribution in [0, 0.1) is 5.82 Å². The van der Waals surface area contributed by atoms with Gasteiger partial charge in [0.1, 0.15) is 11.3 Å². The molecule has 1 saturated heterocycles. The summed E-state index contributed by atoms with van der Waals surface area (Å²) in [6.07, 6.45) is 5.11. The number of imidazole rings is 1. The number of aromatic nitrogens is 3. The number of rotatable bonds is 4. The monoisotopic (exact) mass is 427 g/mol. The number of hydrogen-bond donors (Lipinski definition) is 1. The summed E-state index contributed by atoms with van der Waals surface area (Å²) in [5, 5.41) is 0.273. The van der Waals surface area contributed by atoms with Gasteiger partial charge in [0.05, 0.1) is 48.1 Å². The Bertz CT molecular complexity index is 1220. The molecule has 9 heteroatoms. The SMILES string of the molecule is NC1(Cn2c(CN3C(=O)C4(CC4)c4ccncc43)nc3cc(Cl)cc(F)c32)COC1. The molecule has 1 aliphatic carbocycles. The summed E-state index contributed by atoms with van der Waals surface area (Å²) >= 11 is 6.06. The van der Waals surface area contributed by atoms with Crippen molar-refractivity contribution in [2.45, 2.75) is 36.9 Å². The number of fused-ring (bicyclic) bond motifs is 3. The molecule has 0 bridgehead atoms. The highest BCUT2D eigenvalue weighted by Crippen LogP contribution is 2.57. The second-order valence-electron chi connectivity index (χ2n) is 8.59. The van der Waals surface area contributed by atoms with Crippen LogP contribution in [0.4, 0.5) is 10.1 Å². The minimum atomic E-state index is -0.597. The Balaban J connectivity index is 1.47. The summed E-state index contributed by atoms with van der Waals surface area (Å²) in [4.78, 5) is 23.8. The van der Waals surface area contributed by atoms with Crippen molar-refractivity contribution in [1.29, 1.82) is 0 Å². The van der Waals surface area contributed by atoms with E-state index in [0.717, 1.165) is 24.1 Å². The van der Waals surface area contributed by atoms with E-state index in [1.165, 1.54) is 6.07 Å². The zero-order chi connectivity index (χ0) is 20.7. The highest BCUT2D eigenvalue weighted by Gasteiger charge is 2.59. The number of carbonyl (C=O) groups is 1. The van der Waals surface area contributed by atoms with Gasteiger partial charge in [-0.1, -0.05) is 11.6 Å². The summed E-state index contributed by atoms with van der Waals surface area (Å²) in [5.74, 6) is 0.148.